The number of amides is 1. The molecule has 23 heavy (non-hydrogen) atoms. The third-order valence-electron chi connectivity index (χ3n) is 2.91. The van der Waals surface area contributed by atoms with Crippen LogP contribution in [0.4, 0.5) is 5.82 Å². The summed E-state index contributed by atoms with van der Waals surface area (Å²) >= 11 is 5.80. The van der Waals surface area contributed by atoms with Gasteiger partial charge in [0.15, 0.2) is 11.4 Å². The van der Waals surface area contributed by atoms with E-state index in [1.165, 1.54) is 16.9 Å². The fourth-order valence-corrected chi connectivity index (χ4v) is 1.89. The summed E-state index contributed by atoms with van der Waals surface area (Å²) in [4.78, 5) is 22.9. The molecule has 1 aromatic carbocycles. The van der Waals surface area contributed by atoms with E-state index in [4.69, 9.17) is 21.4 Å². The van der Waals surface area contributed by atoms with Crippen LogP contribution in [0.25, 0.3) is 0 Å². The van der Waals surface area contributed by atoms with Gasteiger partial charge in [0, 0.05) is 17.3 Å². The molecule has 122 valence electrons. The zero-order valence-corrected chi connectivity index (χ0v) is 13.4. The lowest BCUT2D eigenvalue weighted by Gasteiger charge is -2.24. The lowest BCUT2D eigenvalue weighted by atomic mass is 10.1. The molecule has 0 aliphatic heterocycles. The Kier molecular flexibility index (Phi) is 4.90. The fraction of sp³-hybridized carbons (Fsp3) is 0.267. The number of anilines is 1. The largest absolute Gasteiger partial charge is 0.480 e. The number of aliphatic carboxylic acids is 1. The molecular weight excluding hydrogens is 322 g/mol. The number of halogens is 1. The van der Waals surface area contributed by atoms with Crippen LogP contribution >= 0.6 is 11.6 Å². The van der Waals surface area contributed by atoms with E-state index in [9.17, 15) is 9.59 Å². The Bertz CT molecular complexity index is 710. The van der Waals surface area contributed by atoms with Gasteiger partial charge in [0.25, 0.3) is 5.91 Å². The Labute approximate surface area is 137 Å². The Morgan fingerprint density at radius 2 is 1.96 bits per heavy atom. The summed E-state index contributed by atoms with van der Waals surface area (Å²) in [5.74, 6) is -0.666. The van der Waals surface area contributed by atoms with Crippen LogP contribution in [0.3, 0.4) is 0 Å². The molecule has 7 nitrogen and oxygen atoms in total. The van der Waals surface area contributed by atoms with E-state index in [1.54, 1.807) is 38.1 Å². The van der Waals surface area contributed by atoms with Gasteiger partial charge in [-0.05, 0) is 38.1 Å². The summed E-state index contributed by atoms with van der Waals surface area (Å²) in [6.07, 6.45) is 1.47. The highest BCUT2D eigenvalue weighted by Gasteiger charge is 2.30. The van der Waals surface area contributed by atoms with Crippen molar-refractivity contribution in [3.8, 4) is 5.75 Å². The van der Waals surface area contributed by atoms with Crippen molar-refractivity contribution >= 4 is 29.3 Å². The maximum absolute atomic E-state index is 12.3. The first kappa shape index (κ1) is 16.8. The highest BCUT2D eigenvalue weighted by Crippen LogP contribution is 2.21. The Morgan fingerprint density at radius 3 is 2.57 bits per heavy atom. The third kappa shape index (κ3) is 4.72. The number of hydrogen-bond acceptors (Lipinski definition) is 4. The SMILES string of the molecule is CC(C)(Oc1ccc(Cl)cc1)C(=O)Nc1ccn(CC(=O)O)n1. The van der Waals surface area contributed by atoms with Gasteiger partial charge < -0.3 is 15.2 Å². The second-order valence-electron chi connectivity index (χ2n) is 5.31. The summed E-state index contributed by atoms with van der Waals surface area (Å²) in [6.45, 7) is 2.96. The van der Waals surface area contributed by atoms with Crippen LogP contribution in [-0.4, -0.2) is 32.4 Å². The Morgan fingerprint density at radius 1 is 1.30 bits per heavy atom. The lowest BCUT2D eigenvalue weighted by Crippen LogP contribution is -2.42. The van der Waals surface area contributed by atoms with Crippen molar-refractivity contribution < 1.29 is 19.4 Å². The minimum Gasteiger partial charge on any atom is -0.480 e. The minimum atomic E-state index is -1.15. The van der Waals surface area contributed by atoms with E-state index in [1.807, 2.05) is 0 Å². The van der Waals surface area contributed by atoms with Crippen LogP contribution in [0.2, 0.25) is 5.02 Å². The number of nitrogens with zero attached hydrogens (tertiary/aromatic N) is 2. The predicted molar refractivity (Wildman–Crippen MR) is 84.7 cm³/mol. The van der Waals surface area contributed by atoms with Crippen LogP contribution in [0, 0.1) is 0 Å². The number of rotatable bonds is 6. The standard InChI is InChI=1S/C15H16ClN3O4/c1-15(2,23-11-5-3-10(16)4-6-11)14(22)17-12-7-8-19(18-12)9-13(20)21/h3-8H,9H2,1-2H3,(H,20,21)(H,17,18,22). The van der Waals surface area contributed by atoms with Crippen LogP contribution < -0.4 is 10.1 Å². The monoisotopic (exact) mass is 337 g/mol. The summed E-state index contributed by atoms with van der Waals surface area (Å²) in [5, 5.41) is 15.8. The van der Waals surface area contributed by atoms with Gasteiger partial charge in [0.1, 0.15) is 12.3 Å². The van der Waals surface area contributed by atoms with Gasteiger partial charge in [0.2, 0.25) is 0 Å². The number of nitrogens with one attached hydrogen (secondary N) is 1. The number of carbonyl (C=O) groups is 2. The molecule has 1 aromatic heterocycles. The molecule has 0 bridgehead atoms. The molecule has 0 aliphatic rings. The normalized spacial score (nSPS) is 11.1. The molecule has 0 saturated heterocycles. The van der Waals surface area contributed by atoms with Crippen molar-refractivity contribution in [2.75, 3.05) is 5.32 Å². The average Bonchev–Trinajstić information content (AvgIpc) is 2.87. The summed E-state index contributed by atoms with van der Waals surface area (Å²) < 4.78 is 6.88. The van der Waals surface area contributed by atoms with Gasteiger partial charge in [0.05, 0.1) is 0 Å². The van der Waals surface area contributed by atoms with Gasteiger partial charge in [-0.15, -0.1) is 0 Å². The smallest absolute Gasteiger partial charge is 0.325 e. The summed E-state index contributed by atoms with van der Waals surface area (Å²) in [5.41, 5.74) is -1.15. The number of ether oxygens (including phenoxy) is 1. The molecule has 1 amide bonds. The molecule has 2 aromatic rings. The van der Waals surface area contributed by atoms with E-state index in [-0.39, 0.29) is 12.4 Å². The molecule has 0 fully saturated rings. The molecule has 0 atom stereocenters. The van der Waals surface area contributed by atoms with Crippen LogP contribution in [0.5, 0.6) is 5.75 Å². The van der Waals surface area contributed by atoms with Gasteiger partial charge >= 0.3 is 5.97 Å². The highest BCUT2D eigenvalue weighted by molar-refractivity contribution is 6.30. The van der Waals surface area contributed by atoms with E-state index >= 15 is 0 Å². The van der Waals surface area contributed by atoms with Crippen LogP contribution in [0.1, 0.15) is 13.8 Å². The maximum Gasteiger partial charge on any atom is 0.325 e. The summed E-state index contributed by atoms with van der Waals surface area (Å²) in [6, 6.07) is 8.17. The molecule has 1 heterocycles. The van der Waals surface area contributed by atoms with Gasteiger partial charge in [-0.2, -0.15) is 5.10 Å². The van der Waals surface area contributed by atoms with Crippen molar-refractivity contribution in [3.05, 3.63) is 41.6 Å². The van der Waals surface area contributed by atoms with Gasteiger partial charge in [-0.3, -0.25) is 14.3 Å². The zero-order chi connectivity index (χ0) is 17.0. The first-order chi connectivity index (χ1) is 10.8. The third-order valence-corrected chi connectivity index (χ3v) is 3.16. The van der Waals surface area contributed by atoms with E-state index in [0.29, 0.717) is 10.8 Å². The van der Waals surface area contributed by atoms with Crippen molar-refractivity contribution in [3.63, 3.8) is 0 Å². The van der Waals surface area contributed by atoms with Crippen LogP contribution in [-0.2, 0) is 16.1 Å². The van der Waals surface area contributed by atoms with E-state index in [0.717, 1.165) is 0 Å². The van der Waals surface area contributed by atoms with E-state index < -0.39 is 17.5 Å². The second-order valence-corrected chi connectivity index (χ2v) is 5.75. The molecular formula is C15H16ClN3O4. The predicted octanol–water partition coefficient (Wildman–Crippen LogP) is 2.42. The lowest BCUT2D eigenvalue weighted by molar-refractivity contribution is -0.137. The van der Waals surface area contributed by atoms with Crippen molar-refractivity contribution in [1.82, 2.24) is 9.78 Å². The number of carboxylic acids is 1. The number of hydrogen-bond donors (Lipinski definition) is 2. The average molecular weight is 338 g/mol. The first-order valence-corrected chi connectivity index (χ1v) is 7.15. The quantitative estimate of drug-likeness (QED) is 0.844. The molecule has 0 radical (unpaired) electrons. The molecule has 0 aliphatic carbocycles. The molecule has 2 rings (SSSR count). The molecule has 8 heteroatoms. The van der Waals surface area contributed by atoms with Crippen LogP contribution in [0.15, 0.2) is 36.5 Å². The van der Waals surface area contributed by atoms with E-state index in [2.05, 4.69) is 10.4 Å². The number of carboxylic acid groups (broad SMARTS) is 1. The Hall–Kier alpha value is -2.54. The Balaban J connectivity index is 2.01. The number of aromatic nitrogens is 2. The van der Waals surface area contributed by atoms with Crippen molar-refractivity contribution in [2.45, 2.75) is 26.0 Å². The highest BCUT2D eigenvalue weighted by atomic mass is 35.5. The number of carbonyl (C=O) groups excluding carboxylic acids is 1. The maximum atomic E-state index is 12.3. The van der Waals surface area contributed by atoms with Crippen molar-refractivity contribution in [1.29, 1.82) is 0 Å². The molecule has 0 saturated carbocycles. The number of benzene rings is 1. The molecule has 0 spiro atoms. The van der Waals surface area contributed by atoms with Gasteiger partial charge in [-0.25, -0.2) is 0 Å². The van der Waals surface area contributed by atoms with Gasteiger partial charge in [-0.1, -0.05) is 11.6 Å². The second kappa shape index (κ2) is 6.70. The molecule has 0 unspecified atom stereocenters. The molecule has 2 N–H and O–H groups in total. The summed E-state index contributed by atoms with van der Waals surface area (Å²) in [7, 11) is 0. The fourth-order valence-electron chi connectivity index (χ4n) is 1.77. The zero-order valence-electron chi connectivity index (χ0n) is 12.6. The van der Waals surface area contributed by atoms with Crippen molar-refractivity contribution in [2.24, 2.45) is 0 Å². The minimum absolute atomic E-state index is 0.254. The topological polar surface area (TPSA) is 93.5 Å². The first-order valence-electron chi connectivity index (χ1n) is 6.77.